The molecule has 0 aliphatic heterocycles. The third-order valence-electron chi connectivity index (χ3n) is 12.9. The molecule has 76 heavy (non-hydrogen) atoms. The maximum absolute atomic E-state index is 12.9. The molecule has 0 aromatic heterocycles. The number of hydrogen-bond acceptors (Lipinski definition) is 6. The van der Waals surface area contributed by atoms with Gasteiger partial charge in [0.05, 0.1) is 0 Å². The van der Waals surface area contributed by atoms with E-state index in [1.165, 1.54) is 70.6 Å². The topological polar surface area (TPSA) is 78.9 Å². The number of carbonyl (C=O) groups is 3. The van der Waals surface area contributed by atoms with E-state index in [-0.39, 0.29) is 31.1 Å². The Morgan fingerprint density at radius 2 is 0.526 bits per heavy atom. The van der Waals surface area contributed by atoms with Crippen LogP contribution >= 0.6 is 0 Å². The molecule has 0 saturated carbocycles. The first-order valence-electron chi connectivity index (χ1n) is 31.2. The largest absolute Gasteiger partial charge is 0.462 e. The molecule has 0 aromatic rings. The van der Waals surface area contributed by atoms with Crippen LogP contribution in [-0.4, -0.2) is 37.2 Å². The summed E-state index contributed by atoms with van der Waals surface area (Å²) in [5, 5.41) is 0. The summed E-state index contributed by atoms with van der Waals surface area (Å²) in [6.07, 6.45) is 88.8. The highest BCUT2D eigenvalue weighted by Gasteiger charge is 2.19. The molecule has 430 valence electrons. The Labute approximate surface area is 468 Å². The maximum Gasteiger partial charge on any atom is 0.306 e. The second-order valence-corrected chi connectivity index (χ2v) is 20.2. The summed E-state index contributed by atoms with van der Waals surface area (Å²) in [4.78, 5) is 38.2. The predicted molar refractivity (Wildman–Crippen MR) is 329 cm³/mol. The Hall–Kier alpha value is -4.45. The number of carbonyl (C=O) groups excluding carboxylic acids is 3. The predicted octanol–water partition coefficient (Wildman–Crippen LogP) is 21.4. The highest BCUT2D eigenvalue weighted by atomic mass is 16.6. The molecular formula is C70H114O6. The molecule has 0 aliphatic carbocycles. The normalized spacial score (nSPS) is 13.0. The van der Waals surface area contributed by atoms with Crippen LogP contribution in [0.25, 0.3) is 0 Å². The lowest BCUT2D eigenvalue weighted by atomic mass is 10.1. The second kappa shape index (κ2) is 63.1. The van der Waals surface area contributed by atoms with E-state index in [9.17, 15) is 14.4 Å². The van der Waals surface area contributed by atoms with Gasteiger partial charge in [-0.3, -0.25) is 14.4 Å². The molecule has 0 aromatic carbocycles. The molecule has 1 unspecified atom stereocenters. The SMILES string of the molecule is CC/C=C\C/C=C\C/C=C\C/C=C\C/C=C\C/C=C\C/C=C\C/C=C\CCCCCCC(=O)OCC(COC(=O)CCCCCCC/C=C\C/C=C\CCCC)OC(=O)CCCCCCC/C=C\CCCCCCCC. The summed E-state index contributed by atoms with van der Waals surface area (Å²) in [6, 6.07) is 0. The fourth-order valence-corrected chi connectivity index (χ4v) is 8.17. The van der Waals surface area contributed by atoms with Gasteiger partial charge in [0.2, 0.25) is 0 Å². The van der Waals surface area contributed by atoms with E-state index in [4.69, 9.17) is 14.2 Å². The van der Waals surface area contributed by atoms with E-state index in [1.54, 1.807) is 0 Å². The van der Waals surface area contributed by atoms with Gasteiger partial charge in [-0.2, -0.15) is 0 Å². The molecule has 0 aliphatic rings. The zero-order valence-corrected chi connectivity index (χ0v) is 49.2. The molecule has 6 nitrogen and oxygen atoms in total. The van der Waals surface area contributed by atoms with Crippen molar-refractivity contribution >= 4 is 17.9 Å². The van der Waals surface area contributed by atoms with E-state index in [0.29, 0.717) is 19.3 Å². The monoisotopic (exact) mass is 1050 g/mol. The number of rotatable bonds is 55. The van der Waals surface area contributed by atoms with Gasteiger partial charge in [-0.1, -0.05) is 251 Å². The molecule has 0 rings (SSSR count). The van der Waals surface area contributed by atoms with E-state index in [2.05, 4.69) is 154 Å². The first-order chi connectivity index (χ1) is 37.5. The fourth-order valence-electron chi connectivity index (χ4n) is 8.17. The molecule has 0 amide bonds. The van der Waals surface area contributed by atoms with Gasteiger partial charge in [-0.05, 0) is 135 Å². The number of unbranched alkanes of at least 4 members (excludes halogenated alkanes) is 22. The zero-order chi connectivity index (χ0) is 55.0. The van der Waals surface area contributed by atoms with Crippen molar-refractivity contribution in [1.29, 1.82) is 0 Å². The van der Waals surface area contributed by atoms with Gasteiger partial charge in [0.25, 0.3) is 0 Å². The first kappa shape index (κ1) is 71.5. The summed E-state index contributed by atoms with van der Waals surface area (Å²) in [6.45, 7) is 6.44. The van der Waals surface area contributed by atoms with Crippen LogP contribution in [0.4, 0.5) is 0 Å². The summed E-state index contributed by atoms with van der Waals surface area (Å²) in [5.74, 6) is -0.947. The Kier molecular flexibility index (Phi) is 59.4. The van der Waals surface area contributed by atoms with Crippen molar-refractivity contribution < 1.29 is 28.6 Å². The van der Waals surface area contributed by atoms with E-state index >= 15 is 0 Å². The lowest BCUT2D eigenvalue weighted by Gasteiger charge is -2.18. The molecule has 0 heterocycles. The van der Waals surface area contributed by atoms with Crippen molar-refractivity contribution in [2.75, 3.05) is 13.2 Å². The third kappa shape index (κ3) is 60.4. The van der Waals surface area contributed by atoms with Crippen LogP contribution in [0.1, 0.15) is 271 Å². The molecule has 0 saturated heterocycles. The van der Waals surface area contributed by atoms with Crippen molar-refractivity contribution in [1.82, 2.24) is 0 Å². The van der Waals surface area contributed by atoms with Gasteiger partial charge in [-0.15, -0.1) is 0 Å². The minimum atomic E-state index is -0.804. The first-order valence-corrected chi connectivity index (χ1v) is 31.2. The highest BCUT2D eigenvalue weighted by Crippen LogP contribution is 2.14. The highest BCUT2D eigenvalue weighted by molar-refractivity contribution is 5.71. The Bertz CT molecular complexity index is 1630. The zero-order valence-electron chi connectivity index (χ0n) is 49.2. The Balaban J connectivity index is 4.40. The molecule has 0 fully saturated rings. The minimum Gasteiger partial charge on any atom is -0.462 e. The van der Waals surface area contributed by atoms with Gasteiger partial charge in [-0.25, -0.2) is 0 Å². The molecule has 0 N–H and O–H groups in total. The Morgan fingerprint density at radius 3 is 0.855 bits per heavy atom. The van der Waals surface area contributed by atoms with Crippen LogP contribution in [0.2, 0.25) is 0 Å². The minimum absolute atomic E-state index is 0.100. The third-order valence-corrected chi connectivity index (χ3v) is 12.9. The number of hydrogen-bond donors (Lipinski definition) is 0. The average Bonchev–Trinajstić information content (AvgIpc) is 3.42. The maximum atomic E-state index is 12.9. The molecule has 0 bridgehead atoms. The molecule has 1 atom stereocenters. The van der Waals surface area contributed by atoms with Crippen LogP contribution in [0.3, 0.4) is 0 Å². The molecule has 0 radical (unpaired) electrons. The van der Waals surface area contributed by atoms with E-state index in [0.717, 1.165) is 161 Å². The number of esters is 3. The summed E-state index contributed by atoms with van der Waals surface area (Å²) in [7, 11) is 0. The van der Waals surface area contributed by atoms with Crippen molar-refractivity contribution in [3.05, 3.63) is 134 Å². The van der Waals surface area contributed by atoms with Crippen molar-refractivity contribution in [2.24, 2.45) is 0 Å². The van der Waals surface area contributed by atoms with Crippen molar-refractivity contribution in [2.45, 2.75) is 277 Å². The Morgan fingerprint density at radius 1 is 0.276 bits per heavy atom. The van der Waals surface area contributed by atoms with Crippen molar-refractivity contribution in [3.63, 3.8) is 0 Å². The van der Waals surface area contributed by atoms with Crippen LogP contribution in [0.5, 0.6) is 0 Å². The lowest BCUT2D eigenvalue weighted by Crippen LogP contribution is -2.30. The quantitative estimate of drug-likeness (QED) is 0.0261. The van der Waals surface area contributed by atoms with Gasteiger partial charge >= 0.3 is 17.9 Å². The number of allylic oxidation sites excluding steroid dienone is 22. The fraction of sp³-hybridized carbons (Fsp3) is 0.643. The van der Waals surface area contributed by atoms with Gasteiger partial charge in [0.1, 0.15) is 13.2 Å². The second-order valence-electron chi connectivity index (χ2n) is 20.2. The molecular weight excluding hydrogens is 937 g/mol. The standard InChI is InChI=1S/C70H114O6/c1-4-7-10-13-16-19-22-25-28-29-30-31-32-33-34-35-36-37-38-39-40-41-43-45-48-51-54-57-60-63-69(72)75-66-67(65-74-68(71)62-59-56-53-50-47-44-27-24-21-18-15-12-9-6-3)76-70(73)64-61-58-55-52-49-46-42-26-23-20-17-14-11-8-5-2/h7,10,15-16,18-19,24-28,30-31,33-34,36-37,39-40,42-43,45,67H,4-6,8-9,11-14,17,20-23,29,32,35,38,41,44,46-66H2,1-3H3/b10-7-,18-15-,19-16-,27-24-,28-25-,31-30-,34-33-,37-36-,40-39-,42-26-,45-43-. The van der Waals surface area contributed by atoms with Crippen LogP contribution < -0.4 is 0 Å². The van der Waals surface area contributed by atoms with Gasteiger partial charge < -0.3 is 14.2 Å². The van der Waals surface area contributed by atoms with Gasteiger partial charge in [0.15, 0.2) is 6.10 Å². The lowest BCUT2D eigenvalue weighted by molar-refractivity contribution is -0.167. The van der Waals surface area contributed by atoms with Crippen LogP contribution in [-0.2, 0) is 28.6 Å². The van der Waals surface area contributed by atoms with Crippen molar-refractivity contribution in [3.8, 4) is 0 Å². The number of ether oxygens (including phenoxy) is 3. The summed E-state index contributed by atoms with van der Waals surface area (Å²) in [5.41, 5.74) is 0. The van der Waals surface area contributed by atoms with E-state index in [1.807, 2.05) is 0 Å². The average molecular weight is 1050 g/mol. The van der Waals surface area contributed by atoms with Crippen LogP contribution in [0.15, 0.2) is 134 Å². The van der Waals surface area contributed by atoms with Gasteiger partial charge in [0, 0.05) is 19.3 Å². The van der Waals surface area contributed by atoms with Crippen LogP contribution in [0, 0.1) is 0 Å². The van der Waals surface area contributed by atoms with E-state index < -0.39 is 6.10 Å². The molecule has 6 heteroatoms. The summed E-state index contributed by atoms with van der Waals surface area (Å²) < 4.78 is 16.9. The smallest absolute Gasteiger partial charge is 0.306 e. The molecule has 0 spiro atoms. The summed E-state index contributed by atoms with van der Waals surface area (Å²) >= 11 is 0.